The van der Waals surface area contributed by atoms with Gasteiger partial charge in [-0.15, -0.1) is 21.8 Å². The van der Waals surface area contributed by atoms with Gasteiger partial charge < -0.3 is 5.11 Å². The largest absolute Gasteiger partial charge is 0.508 e. The summed E-state index contributed by atoms with van der Waals surface area (Å²) >= 11 is 2.55. The molecule has 0 heterocycles. The molecule has 0 aliphatic rings. The first-order valence-corrected chi connectivity index (χ1v) is 12.8. The van der Waals surface area contributed by atoms with Gasteiger partial charge in [0.1, 0.15) is 5.75 Å². The molecule has 2 aromatic carbocycles. The maximum Gasteiger partial charge on any atom is 0.115 e. The van der Waals surface area contributed by atoms with Crippen molar-refractivity contribution in [2.24, 2.45) is 0 Å². The number of rotatable bonds is 5. The topological polar surface area (TPSA) is 20.2 Å². The second-order valence-electron chi connectivity index (χ2n) is 4.85. The van der Waals surface area contributed by atoms with Crippen LogP contribution in [0.2, 0.25) is 6.04 Å². The van der Waals surface area contributed by atoms with Gasteiger partial charge in [0.05, 0.1) is 7.02 Å². The van der Waals surface area contributed by atoms with Gasteiger partial charge in [0.25, 0.3) is 0 Å². The minimum absolute atomic E-state index is 0.115. The Morgan fingerprint density at radius 1 is 1.11 bits per heavy atom. The van der Waals surface area contributed by atoms with E-state index in [1.54, 1.807) is 6.07 Å². The van der Waals surface area contributed by atoms with Gasteiger partial charge in [0, 0.05) is 0 Å². The molecule has 0 radical (unpaired) electrons. The number of aryl methyl sites for hydroxylation is 2. The van der Waals surface area contributed by atoms with Crippen molar-refractivity contribution in [3.8, 4) is 16.9 Å². The van der Waals surface area contributed by atoms with E-state index in [1.165, 1.54) is 34.7 Å². The third-order valence-electron chi connectivity index (χ3n) is 3.28. The second-order valence-corrected chi connectivity index (χ2v) is 9.17. The van der Waals surface area contributed by atoms with E-state index in [0.29, 0.717) is 5.75 Å². The summed E-state index contributed by atoms with van der Waals surface area (Å²) in [6.07, 6.45) is 2.30. The lowest BCUT2D eigenvalue weighted by molar-refractivity contribution is 0.474. The van der Waals surface area contributed by atoms with Gasteiger partial charge in [-0.3, -0.25) is 0 Å². The molecule has 0 fully saturated rings. The van der Waals surface area contributed by atoms with E-state index in [0.717, 1.165) is 6.42 Å². The van der Waals surface area contributed by atoms with Crippen LogP contribution in [0.15, 0.2) is 42.5 Å². The molecule has 0 atom stereocenters. The Kier molecular flexibility index (Phi) is 5.45. The lowest BCUT2D eigenvalue weighted by atomic mass is 9.96. The van der Waals surface area contributed by atoms with Crippen molar-refractivity contribution in [2.75, 3.05) is 0 Å². The van der Waals surface area contributed by atoms with E-state index in [1.807, 2.05) is 12.1 Å². The van der Waals surface area contributed by atoms with E-state index < -0.39 is 0 Å². The van der Waals surface area contributed by atoms with E-state index in [-0.39, 0.29) is 7.02 Å². The molecule has 19 heavy (non-hydrogen) atoms. The van der Waals surface area contributed by atoms with Crippen LogP contribution in [0.1, 0.15) is 17.5 Å². The number of hydrogen-bond donors (Lipinski definition) is 1. The molecule has 0 aromatic heterocycles. The highest BCUT2D eigenvalue weighted by Gasteiger charge is 2.06. The van der Waals surface area contributed by atoms with Gasteiger partial charge in [-0.1, -0.05) is 48.4 Å². The predicted molar refractivity (Wildman–Crippen MR) is 94.0 cm³/mol. The van der Waals surface area contributed by atoms with Crippen LogP contribution in [0.4, 0.5) is 0 Å². The number of benzene rings is 2. The zero-order valence-corrected chi connectivity index (χ0v) is 14.8. The summed E-state index contributed by atoms with van der Waals surface area (Å²) in [5, 5.41) is 9.69. The fourth-order valence-electron chi connectivity index (χ4n) is 2.21. The predicted octanol–water partition coefficient (Wildman–Crippen LogP) is 4.24. The minimum Gasteiger partial charge on any atom is -0.508 e. The molecule has 1 nitrogen and oxygen atoms in total. The number of halogens is 1. The summed E-state index contributed by atoms with van der Waals surface area (Å²) in [4.78, 5) is 0. The minimum atomic E-state index is 0.115. The van der Waals surface area contributed by atoms with Gasteiger partial charge in [-0.05, 0) is 42.2 Å². The average molecular weight is 382 g/mol. The summed E-state index contributed by atoms with van der Waals surface area (Å²) in [5.74, 6) is 0.373. The van der Waals surface area contributed by atoms with Crippen LogP contribution in [0.25, 0.3) is 11.1 Å². The fourth-order valence-corrected chi connectivity index (χ4v) is 4.27. The van der Waals surface area contributed by atoms with Crippen LogP contribution in [0.3, 0.4) is 0 Å². The second kappa shape index (κ2) is 7.10. The molecule has 0 spiro atoms. The Hall–Kier alpha value is -0.813. The zero-order valence-electron chi connectivity index (χ0n) is 11.2. The van der Waals surface area contributed by atoms with Gasteiger partial charge in [0.2, 0.25) is 0 Å². The van der Waals surface area contributed by atoms with Crippen LogP contribution < -0.4 is 0 Å². The summed E-state index contributed by atoms with van der Waals surface area (Å²) in [6.45, 7) is 2.10. The van der Waals surface area contributed by atoms with Crippen LogP contribution >= 0.6 is 21.8 Å². The van der Waals surface area contributed by atoms with Crippen molar-refractivity contribution < 1.29 is 5.11 Å². The molecule has 0 amide bonds. The highest BCUT2D eigenvalue weighted by Crippen LogP contribution is 2.28. The van der Waals surface area contributed by atoms with E-state index >= 15 is 0 Å². The summed E-state index contributed by atoms with van der Waals surface area (Å²) < 4.78 is 0. The van der Waals surface area contributed by atoms with Crippen LogP contribution in [0.5, 0.6) is 5.75 Å². The monoisotopic (exact) mass is 382 g/mol. The fraction of sp³-hybridized carbons (Fsp3) is 0.250. The highest BCUT2D eigenvalue weighted by atomic mass is 127. The lowest BCUT2D eigenvalue weighted by Gasteiger charge is -2.10. The van der Waals surface area contributed by atoms with Crippen molar-refractivity contribution in [1.29, 1.82) is 0 Å². The first-order valence-electron chi connectivity index (χ1n) is 6.65. The van der Waals surface area contributed by atoms with E-state index in [9.17, 15) is 5.11 Å². The maximum absolute atomic E-state index is 9.69. The molecule has 0 saturated heterocycles. The highest BCUT2D eigenvalue weighted by molar-refractivity contribution is 14.1. The Labute approximate surface area is 130 Å². The SMILES string of the molecule is Cc1ccc(-c2ccc(O)cc2CCC[SiH2]I)cc1. The normalized spacial score (nSPS) is 11.3. The lowest BCUT2D eigenvalue weighted by Crippen LogP contribution is -1.92. The van der Waals surface area contributed by atoms with E-state index in [4.69, 9.17) is 0 Å². The molecule has 2 rings (SSSR count). The summed E-state index contributed by atoms with van der Waals surface area (Å²) in [7, 11) is 0.115. The van der Waals surface area contributed by atoms with Crippen LogP contribution in [-0.4, -0.2) is 12.1 Å². The third kappa shape index (κ3) is 4.08. The first-order chi connectivity index (χ1) is 9.20. The number of aromatic hydroxyl groups is 1. The van der Waals surface area contributed by atoms with Crippen molar-refractivity contribution >= 4 is 28.8 Å². The number of phenols is 1. The standard InChI is InChI=1S/C16H19IOSi/c1-12-4-6-13(7-5-12)16-9-8-15(18)11-14(16)3-2-10-19-17/h4-9,11,18H,2-3,10,19H2,1H3. The van der Waals surface area contributed by atoms with Gasteiger partial charge in [0.15, 0.2) is 0 Å². The molecule has 2 aromatic rings. The molecule has 3 heteroatoms. The smallest absolute Gasteiger partial charge is 0.115 e. The Morgan fingerprint density at radius 2 is 1.84 bits per heavy atom. The molecule has 100 valence electrons. The van der Waals surface area contributed by atoms with Crippen molar-refractivity contribution in [2.45, 2.75) is 25.8 Å². The zero-order chi connectivity index (χ0) is 13.7. The first kappa shape index (κ1) is 14.6. The Bertz CT molecular complexity index is 537. The third-order valence-corrected chi connectivity index (χ3v) is 6.34. The average Bonchev–Trinajstić information content (AvgIpc) is 2.41. The molecule has 0 unspecified atom stereocenters. The molecular weight excluding hydrogens is 363 g/mol. The Morgan fingerprint density at radius 3 is 2.53 bits per heavy atom. The molecule has 0 saturated carbocycles. The summed E-state index contributed by atoms with van der Waals surface area (Å²) in [5.41, 5.74) is 5.04. The molecule has 0 aliphatic heterocycles. The Balaban J connectivity index is 2.30. The van der Waals surface area contributed by atoms with Gasteiger partial charge >= 0.3 is 0 Å². The summed E-state index contributed by atoms with van der Waals surface area (Å²) in [6, 6.07) is 15.7. The quantitative estimate of drug-likeness (QED) is 0.355. The van der Waals surface area contributed by atoms with E-state index in [2.05, 4.69) is 53.0 Å². The maximum atomic E-state index is 9.69. The van der Waals surface area contributed by atoms with Crippen molar-refractivity contribution in [3.05, 3.63) is 53.6 Å². The molecule has 0 aliphatic carbocycles. The molecular formula is C16H19IOSi. The van der Waals surface area contributed by atoms with Crippen LogP contribution in [-0.2, 0) is 6.42 Å². The van der Waals surface area contributed by atoms with Crippen molar-refractivity contribution in [3.63, 3.8) is 0 Å². The molecule has 0 bridgehead atoms. The number of phenolic OH excluding ortho intramolecular Hbond substituents is 1. The van der Waals surface area contributed by atoms with Crippen molar-refractivity contribution in [1.82, 2.24) is 0 Å². The van der Waals surface area contributed by atoms with Crippen LogP contribution in [0, 0.1) is 6.92 Å². The molecule has 1 N–H and O–H groups in total. The number of hydrogen-bond acceptors (Lipinski definition) is 1. The van der Waals surface area contributed by atoms with Gasteiger partial charge in [-0.25, -0.2) is 0 Å². The van der Waals surface area contributed by atoms with Gasteiger partial charge in [-0.2, -0.15) is 0 Å².